The second-order valence-corrected chi connectivity index (χ2v) is 9.17. The second-order valence-electron chi connectivity index (χ2n) is 7.26. The highest BCUT2D eigenvalue weighted by atomic mass is 32.2. The predicted octanol–water partition coefficient (Wildman–Crippen LogP) is 1.13. The van der Waals surface area contributed by atoms with Gasteiger partial charge in [-0.1, -0.05) is 12.1 Å². The van der Waals surface area contributed by atoms with Crippen LogP contribution in [0.3, 0.4) is 0 Å². The van der Waals surface area contributed by atoms with Crippen LogP contribution in [0.2, 0.25) is 0 Å². The summed E-state index contributed by atoms with van der Waals surface area (Å²) in [5.74, 6) is 0.0489. The minimum absolute atomic E-state index is 0.0489. The van der Waals surface area contributed by atoms with Gasteiger partial charge in [-0.3, -0.25) is 9.78 Å². The number of benzene rings is 1. The number of hydrogen-bond acceptors (Lipinski definition) is 5. The molecule has 1 unspecified atom stereocenters. The summed E-state index contributed by atoms with van der Waals surface area (Å²) >= 11 is 0. The zero-order chi connectivity index (χ0) is 19.0. The van der Waals surface area contributed by atoms with Crippen LogP contribution in [0.25, 0.3) is 10.9 Å². The molecule has 0 bridgehead atoms. The zero-order valence-electron chi connectivity index (χ0n) is 15.4. The summed E-state index contributed by atoms with van der Waals surface area (Å²) in [6.07, 6.45) is 3.28. The molecule has 0 spiro atoms. The number of carbonyl (C=O) groups excluding carboxylic acids is 1. The van der Waals surface area contributed by atoms with Gasteiger partial charge in [-0.2, -0.15) is 4.31 Å². The highest BCUT2D eigenvalue weighted by molar-refractivity contribution is 7.89. The number of sulfonamides is 1. The Bertz CT molecular complexity index is 976. The Morgan fingerprint density at radius 3 is 2.93 bits per heavy atom. The average molecular weight is 388 g/mol. The van der Waals surface area contributed by atoms with Crippen LogP contribution in [0.5, 0.6) is 0 Å². The number of nitrogens with zero attached hydrogens (tertiary/aromatic N) is 3. The van der Waals surface area contributed by atoms with Crippen LogP contribution < -0.4 is 5.32 Å². The van der Waals surface area contributed by atoms with Crippen molar-refractivity contribution in [2.24, 2.45) is 0 Å². The number of para-hydroxylation sites is 1. The van der Waals surface area contributed by atoms with E-state index in [2.05, 4.69) is 10.3 Å². The van der Waals surface area contributed by atoms with Crippen LogP contribution in [0.4, 0.5) is 0 Å². The Balaban J connectivity index is 1.65. The number of nitrogens with one attached hydrogen (secondary N) is 1. The van der Waals surface area contributed by atoms with Gasteiger partial charge in [0.25, 0.3) is 0 Å². The fourth-order valence-corrected chi connectivity index (χ4v) is 5.67. The number of pyridine rings is 1. The standard InChI is InChI=1S/C19H24N4O3S/c1-14-10-15-4-2-6-17(19(15)21-11-14)27(25,26)22-8-3-5-16(13-22)23-9-7-20-12-18(23)24/h2,4,6,10-11,16,20H,3,5,7-9,12-13H2,1H3. The van der Waals surface area contributed by atoms with Crippen LogP contribution in [-0.4, -0.2) is 67.3 Å². The van der Waals surface area contributed by atoms with Crippen LogP contribution >= 0.6 is 0 Å². The number of aromatic nitrogens is 1. The first kappa shape index (κ1) is 18.3. The molecule has 2 aliphatic rings. The number of amides is 1. The third-order valence-corrected chi connectivity index (χ3v) is 7.25. The molecule has 3 heterocycles. The molecular formula is C19H24N4O3S. The second kappa shape index (κ2) is 7.18. The van der Waals surface area contributed by atoms with Gasteiger partial charge >= 0.3 is 0 Å². The molecule has 2 aromatic rings. The smallest absolute Gasteiger partial charge is 0.245 e. The van der Waals surface area contributed by atoms with Crippen molar-refractivity contribution in [1.82, 2.24) is 19.5 Å². The number of piperidine rings is 1. The maximum atomic E-state index is 13.4. The first-order chi connectivity index (χ1) is 13.0. The lowest BCUT2D eigenvalue weighted by Gasteiger charge is -2.40. The predicted molar refractivity (Wildman–Crippen MR) is 103 cm³/mol. The Labute approximate surface area is 159 Å². The third-order valence-electron chi connectivity index (χ3n) is 5.35. The number of aryl methyl sites for hydroxylation is 1. The van der Waals surface area contributed by atoms with Crippen LogP contribution in [0.15, 0.2) is 35.4 Å². The van der Waals surface area contributed by atoms with E-state index in [0.29, 0.717) is 31.7 Å². The van der Waals surface area contributed by atoms with Gasteiger partial charge in [0.1, 0.15) is 4.90 Å². The molecule has 1 N–H and O–H groups in total. The first-order valence-corrected chi connectivity index (χ1v) is 10.8. The monoisotopic (exact) mass is 388 g/mol. The normalized spacial score (nSPS) is 22.3. The molecule has 1 aromatic heterocycles. The van der Waals surface area contributed by atoms with Crippen molar-refractivity contribution < 1.29 is 13.2 Å². The molecule has 4 rings (SSSR count). The van der Waals surface area contributed by atoms with Gasteiger partial charge in [0, 0.05) is 43.8 Å². The molecule has 144 valence electrons. The number of fused-ring (bicyclic) bond motifs is 1. The van der Waals surface area contributed by atoms with Gasteiger partial charge in [0.2, 0.25) is 15.9 Å². The Kier molecular flexibility index (Phi) is 4.88. The van der Waals surface area contributed by atoms with E-state index in [1.54, 1.807) is 18.3 Å². The molecule has 0 aliphatic carbocycles. The highest BCUT2D eigenvalue weighted by Crippen LogP contribution is 2.28. The fourth-order valence-electron chi connectivity index (χ4n) is 3.99. The van der Waals surface area contributed by atoms with Crippen LogP contribution in [0.1, 0.15) is 18.4 Å². The molecule has 0 radical (unpaired) electrons. The topological polar surface area (TPSA) is 82.6 Å². The summed E-state index contributed by atoms with van der Waals surface area (Å²) in [5.41, 5.74) is 1.50. The molecule has 27 heavy (non-hydrogen) atoms. The molecular weight excluding hydrogens is 364 g/mol. The molecule has 2 fully saturated rings. The number of rotatable bonds is 3. The summed E-state index contributed by atoms with van der Waals surface area (Å²) in [7, 11) is -3.67. The first-order valence-electron chi connectivity index (χ1n) is 9.32. The summed E-state index contributed by atoms with van der Waals surface area (Å²) in [6.45, 7) is 4.47. The van der Waals surface area contributed by atoms with E-state index in [9.17, 15) is 13.2 Å². The lowest BCUT2D eigenvalue weighted by molar-refractivity contribution is -0.135. The molecule has 7 nitrogen and oxygen atoms in total. The van der Waals surface area contributed by atoms with Gasteiger partial charge < -0.3 is 10.2 Å². The molecule has 8 heteroatoms. The van der Waals surface area contributed by atoms with E-state index in [1.807, 2.05) is 24.0 Å². The van der Waals surface area contributed by atoms with Crippen LogP contribution in [-0.2, 0) is 14.8 Å². The molecule has 1 atom stereocenters. The van der Waals surface area contributed by atoms with Gasteiger partial charge in [0.15, 0.2) is 0 Å². The van der Waals surface area contributed by atoms with Crippen LogP contribution in [0, 0.1) is 6.92 Å². The molecule has 2 aliphatic heterocycles. The Morgan fingerprint density at radius 2 is 2.11 bits per heavy atom. The molecule has 0 saturated carbocycles. The highest BCUT2D eigenvalue weighted by Gasteiger charge is 2.35. The van der Waals surface area contributed by atoms with Crippen molar-refractivity contribution in [2.75, 3.05) is 32.7 Å². The Hall–Kier alpha value is -2.03. The number of carbonyl (C=O) groups is 1. The molecule has 1 amide bonds. The largest absolute Gasteiger partial charge is 0.336 e. The summed E-state index contributed by atoms with van der Waals surface area (Å²) in [4.78, 5) is 18.7. The third kappa shape index (κ3) is 3.44. The fraction of sp³-hybridized carbons (Fsp3) is 0.474. The van der Waals surface area contributed by atoms with Crippen molar-refractivity contribution in [1.29, 1.82) is 0 Å². The summed E-state index contributed by atoms with van der Waals surface area (Å²) < 4.78 is 28.3. The summed E-state index contributed by atoms with van der Waals surface area (Å²) in [5, 5.41) is 3.89. The van der Waals surface area contributed by atoms with E-state index >= 15 is 0 Å². The van der Waals surface area contributed by atoms with Crippen molar-refractivity contribution in [2.45, 2.75) is 30.7 Å². The zero-order valence-corrected chi connectivity index (χ0v) is 16.2. The Morgan fingerprint density at radius 1 is 1.26 bits per heavy atom. The van der Waals surface area contributed by atoms with Gasteiger partial charge in [-0.25, -0.2) is 8.42 Å². The van der Waals surface area contributed by atoms with E-state index in [4.69, 9.17) is 0 Å². The molecule has 1 aromatic carbocycles. The maximum absolute atomic E-state index is 13.4. The van der Waals surface area contributed by atoms with Gasteiger partial charge in [0.05, 0.1) is 12.1 Å². The maximum Gasteiger partial charge on any atom is 0.245 e. The van der Waals surface area contributed by atoms with Crippen molar-refractivity contribution in [3.63, 3.8) is 0 Å². The van der Waals surface area contributed by atoms with Crippen molar-refractivity contribution >= 4 is 26.8 Å². The van der Waals surface area contributed by atoms with Gasteiger partial charge in [-0.05, 0) is 37.5 Å². The van der Waals surface area contributed by atoms with Crippen molar-refractivity contribution in [3.05, 3.63) is 36.0 Å². The van der Waals surface area contributed by atoms with E-state index in [-0.39, 0.29) is 16.8 Å². The van der Waals surface area contributed by atoms with E-state index in [0.717, 1.165) is 30.3 Å². The summed E-state index contributed by atoms with van der Waals surface area (Å²) in [6, 6.07) is 7.15. The lowest BCUT2D eigenvalue weighted by atomic mass is 10.1. The SMILES string of the molecule is Cc1cnc2c(S(=O)(=O)N3CCCC(N4CCNCC4=O)C3)cccc2c1. The number of hydrogen-bond donors (Lipinski definition) is 1. The average Bonchev–Trinajstić information content (AvgIpc) is 2.67. The molecule has 2 saturated heterocycles. The lowest BCUT2D eigenvalue weighted by Crippen LogP contribution is -2.57. The van der Waals surface area contributed by atoms with E-state index in [1.165, 1.54) is 4.31 Å². The minimum atomic E-state index is -3.67. The van der Waals surface area contributed by atoms with E-state index < -0.39 is 10.0 Å². The van der Waals surface area contributed by atoms with Crippen molar-refractivity contribution in [3.8, 4) is 0 Å². The quantitative estimate of drug-likeness (QED) is 0.852. The minimum Gasteiger partial charge on any atom is -0.336 e. The number of piperazine rings is 1. The van der Waals surface area contributed by atoms with Gasteiger partial charge in [-0.15, -0.1) is 0 Å².